The van der Waals surface area contributed by atoms with Gasteiger partial charge in [0.25, 0.3) is 0 Å². The van der Waals surface area contributed by atoms with Crippen LogP contribution in [0.1, 0.15) is 23.7 Å². The van der Waals surface area contributed by atoms with Crippen LogP contribution in [0.4, 0.5) is 5.69 Å². The number of ether oxygens (including phenoxy) is 1. The largest absolute Gasteiger partial charge is 0.452 e. The van der Waals surface area contributed by atoms with Crippen LogP contribution in [-0.4, -0.2) is 11.7 Å². The van der Waals surface area contributed by atoms with E-state index in [4.69, 9.17) is 4.74 Å². The number of rotatable bonds is 2. The number of carbonyl (C=O) groups excluding carboxylic acids is 2. The van der Waals surface area contributed by atoms with Crippen molar-refractivity contribution in [2.24, 2.45) is 0 Å². The molecule has 0 fully saturated rings. The molecule has 22 heavy (non-hydrogen) atoms. The molecule has 4 heteroatoms. The number of Topliss-reactive ketones (excluding diaryl/α,β-unsaturated/α-hetero) is 1. The van der Waals surface area contributed by atoms with E-state index < -0.39 is 0 Å². The second-order valence-corrected chi connectivity index (χ2v) is 5.06. The molecule has 0 radical (unpaired) electrons. The summed E-state index contributed by atoms with van der Waals surface area (Å²) in [5.41, 5.74) is 1.96. The van der Waals surface area contributed by atoms with E-state index in [-0.39, 0.29) is 11.7 Å². The van der Waals surface area contributed by atoms with Crippen LogP contribution in [0.5, 0.6) is 5.75 Å². The molecule has 4 nitrogen and oxygen atoms in total. The lowest BCUT2D eigenvalue weighted by atomic mass is 10.1. The molecule has 0 unspecified atom stereocenters. The van der Waals surface area contributed by atoms with Gasteiger partial charge in [0.15, 0.2) is 5.76 Å². The number of anilines is 1. The topological polar surface area (TPSA) is 55.4 Å². The van der Waals surface area contributed by atoms with Crippen molar-refractivity contribution in [3.63, 3.8) is 0 Å². The number of carbonyl (C=O) groups is 2. The first-order chi connectivity index (χ1) is 10.6. The quantitative estimate of drug-likeness (QED) is 0.848. The molecule has 110 valence electrons. The van der Waals surface area contributed by atoms with Crippen LogP contribution in [-0.2, 0) is 4.79 Å². The van der Waals surface area contributed by atoms with Gasteiger partial charge >= 0.3 is 0 Å². The average molecular weight is 293 g/mol. The summed E-state index contributed by atoms with van der Waals surface area (Å²) in [6.45, 7) is 1.43. The lowest BCUT2D eigenvalue weighted by molar-refractivity contribution is -0.114. The van der Waals surface area contributed by atoms with Crippen LogP contribution < -0.4 is 10.1 Å². The Morgan fingerprint density at radius 2 is 2.18 bits per heavy atom. The summed E-state index contributed by atoms with van der Waals surface area (Å²) in [7, 11) is 0. The van der Waals surface area contributed by atoms with Gasteiger partial charge in [-0.3, -0.25) is 9.59 Å². The van der Waals surface area contributed by atoms with Gasteiger partial charge in [-0.25, -0.2) is 0 Å². The fraction of sp³-hybridized carbons (Fsp3) is 0.111. The van der Waals surface area contributed by atoms with Crippen molar-refractivity contribution in [2.45, 2.75) is 13.3 Å². The first kappa shape index (κ1) is 14.1. The minimum atomic E-state index is -0.178. The minimum Gasteiger partial charge on any atom is -0.452 e. The number of hydrogen-bond donors (Lipinski definition) is 1. The molecule has 1 N–H and O–H groups in total. The number of benzene rings is 1. The Hall–Kier alpha value is -2.88. The van der Waals surface area contributed by atoms with Crippen molar-refractivity contribution >= 4 is 17.4 Å². The smallest absolute Gasteiger partial charge is 0.232 e. The lowest BCUT2D eigenvalue weighted by Crippen LogP contribution is -2.06. The third-order valence-electron chi connectivity index (χ3n) is 3.29. The lowest BCUT2D eigenvalue weighted by Gasteiger charge is -2.02. The van der Waals surface area contributed by atoms with E-state index in [9.17, 15) is 9.59 Å². The Morgan fingerprint density at radius 3 is 3.00 bits per heavy atom. The van der Waals surface area contributed by atoms with Crippen LogP contribution >= 0.6 is 0 Å². The van der Waals surface area contributed by atoms with Gasteiger partial charge in [0.1, 0.15) is 5.75 Å². The molecule has 0 atom stereocenters. The molecule has 0 aromatic heterocycles. The number of ketones is 1. The number of hydrogen-bond acceptors (Lipinski definition) is 3. The van der Waals surface area contributed by atoms with E-state index in [1.807, 2.05) is 30.4 Å². The first-order valence-corrected chi connectivity index (χ1v) is 7.03. The Bertz CT molecular complexity index is 767. The van der Waals surface area contributed by atoms with Gasteiger partial charge in [0.2, 0.25) is 11.7 Å². The zero-order valence-corrected chi connectivity index (χ0v) is 12.1. The Balaban J connectivity index is 1.89. The van der Waals surface area contributed by atoms with E-state index in [0.717, 1.165) is 12.0 Å². The number of fused-ring (bicyclic) bond motifs is 1. The second-order valence-electron chi connectivity index (χ2n) is 5.06. The number of amides is 1. The number of nitrogens with one attached hydrogen (secondary N) is 1. The molecule has 0 bridgehead atoms. The predicted molar refractivity (Wildman–Crippen MR) is 84.8 cm³/mol. The summed E-state index contributed by atoms with van der Waals surface area (Å²) in [5.74, 6) is 0.451. The summed E-state index contributed by atoms with van der Waals surface area (Å²) in [6.07, 6.45) is 12.5. The maximum Gasteiger partial charge on any atom is 0.232 e. The molecule has 0 saturated carbocycles. The molecule has 0 saturated heterocycles. The van der Waals surface area contributed by atoms with Crippen LogP contribution in [0.2, 0.25) is 0 Å². The third kappa shape index (κ3) is 2.91. The van der Waals surface area contributed by atoms with Gasteiger partial charge in [-0.1, -0.05) is 30.4 Å². The van der Waals surface area contributed by atoms with E-state index in [1.54, 1.807) is 24.3 Å². The van der Waals surface area contributed by atoms with Gasteiger partial charge in [-0.05, 0) is 36.3 Å². The zero-order chi connectivity index (χ0) is 15.5. The molecule has 1 aliphatic carbocycles. The SMILES string of the molecule is CC(=O)Nc1ccc2c(c1)C(=O)/C(=C/C1=CC=CCC=C1)O2. The standard InChI is InChI=1S/C18H15NO3/c1-12(20)19-14-8-9-16-15(11-14)18(21)17(22-16)10-13-6-4-2-3-5-7-13/h2,4-11H,3H2,1H3,(H,19,20)/b17-10-. The normalized spacial score (nSPS) is 17.8. The molecule has 1 amide bonds. The second kappa shape index (κ2) is 5.85. The molecule has 0 spiro atoms. The van der Waals surface area contributed by atoms with Gasteiger partial charge < -0.3 is 10.1 Å². The summed E-state index contributed by atoms with van der Waals surface area (Å²) in [5, 5.41) is 2.66. The molecule has 1 aliphatic heterocycles. The van der Waals surface area contributed by atoms with E-state index >= 15 is 0 Å². The molecule has 1 aromatic rings. The molecule has 1 heterocycles. The fourth-order valence-electron chi connectivity index (χ4n) is 2.31. The Kier molecular flexibility index (Phi) is 3.74. The molecule has 2 aliphatic rings. The monoisotopic (exact) mass is 293 g/mol. The van der Waals surface area contributed by atoms with Crippen molar-refractivity contribution in [3.8, 4) is 5.75 Å². The Morgan fingerprint density at radius 1 is 1.32 bits per heavy atom. The van der Waals surface area contributed by atoms with Crippen molar-refractivity contribution < 1.29 is 14.3 Å². The van der Waals surface area contributed by atoms with Crippen LogP contribution in [0.3, 0.4) is 0 Å². The maximum absolute atomic E-state index is 12.4. The number of allylic oxidation sites excluding steroid dienone is 8. The minimum absolute atomic E-state index is 0.176. The van der Waals surface area contributed by atoms with Crippen molar-refractivity contribution in [3.05, 3.63) is 71.6 Å². The zero-order valence-electron chi connectivity index (χ0n) is 12.1. The van der Waals surface area contributed by atoms with Gasteiger partial charge in [0.05, 0.1) is 5.56 Å². The predicted octanol–water partition coefficient (Wildman–Crippen LogP) is 3.55. The van der Waals surface area contributed by atoms with Gasteiger partial charge in [0, 0.05) is 12.6 Å². The summed E-state index contributed by atoms with van der Waals surface area (Å²) in [4.78, 5) is 23.5. The molecular weight excluding hydrogens is 278 g/mol. The van der Waals surface area contributed by atoms with E-state index in [2.05, 4.69) is 5.32 Å². The van der Waals surface area contributed by atoms with Crippen LogP contribution in [0.15, 0.2) is 66.0 Å². The highest BCUT2D eigenvalue weighted by Crippen LogP contribution is 2.33. The highest BCUT2D eigenvalue weighted by Gasteiger charge is 2.27. The molecule has 3 rings (SSSR count). The van der Waals surface area contributed by atoms with Crippen molar-refractivity contribution in [2.75, 3.05) is 5.32 Å². The van der Waals surface area contributed by atoms with Gasteiger partial charge in [-0.15, -0.1) is 0 Å². The highest BCUT2D eigenvalue weighted by molar-refractivity contribution is 6.13. The first-order valence-electron chi connectivity index (χ1n) is 7.03. The fourth-order valence-corrected chi connectivity index (χ4v) is 2.31. The maximum atomic E-state index is 12.4. The van der Waals surface area contributed by atoms with Crippen molar-refractivity contribution in [1.82, 2.24) is 0 Å². The highest BCUT2D eigenvalue weighted by atomic mass is 16.5. The third-order valence-corrected chi connectivity index (χ3v) is 3.29. The Labute approximate surface area is 128 Å². The van der Waals surface area contributed by atoms with Crippen molar-refractivity contribution in [1.29, 1.82) is 0 Å². The summed E-state index contributed by atoms with van der Waals surface area (Å²) < 4.78 is 5.62. The molecular formula is C18H15NO3. The average Bonchev–Trinajstić information content (AvgIpc) is 2.67. The van der Waals surface area contributed by atoms with Crippen LogP contribution in [0, 0.1) is 0 Å². The van der Waals surface area contributed by atoms with Gasteiger partial charge in [-0.2, -0.15) is 0 Å². The molecule has 1 aromatic carbocycles. The summed E-state index contributed by atoms with van der Waals surface area (Å²) in [6, 6.07) is 5.04. The van der Waals surface area contributed by atoms with E-state index in [1.165, 1.54) is 6.92 Å². The van der Waals surface area contributed by atoms with E-state index in [0.29, 0.717) is 22.8 Å². The summed E-state index contributed by atoms with van der Waals surface area (Å²) >= 11 is 0. The van der Waals surface area contributed by atoms with Crippen LogP contribution in [0.25, 0.3) is 0 Å².